The molecule has 2 fully saturated rings. The first kappa shape index (κ1) is 24.3. The van der Waals surface area contributed by atoms with Crippen molar-refractivity contribution < 1.29 is 14.3 Å². The lowest BCUT2D eigenvalue weighted by Crippen LogP contribution is -2.69. The molecule has 34 heavy (non-hydrogen) atoms. The molecule has 2 amide bonds. The summed E-state index contributed by atoms with van der Waals surface area (Å²) in [4.78, 5) is 31.9. The Morgan fingerprint density at radius 1 is 0.971 bits per heavy atom. The third-order valence-electron chi connectivity index (χ3n) is 7.37. The minimum absolute atomic E-state index is 0.0350. The standard InChI is InChI=1S/C28H37N3O3/c1-21(2)25(26(32)34-18-23-13-9-6-10-14-23)30(4)27(33)31-19-28(20-31)15-24(16-28)29(3)17-22-11-7-5-8-12-22/h5-14,21,24-25H,15-20H2,1-4H3/t25-/m0/s1. The average molecular weight is 464 g/mol. The molecule has 2 aliphatic rings. The minimum Gasteiger partial charge on any atom is -0.459 e. The van der Waals surface area contributed by atoms with Crippen LogP contribution in [0.1, 0.15) is 37.8 Å². The molecule has 0 aromatic heterocycles. The van der Waals surface area contributed by atoms with Gasteiger partial charge in [-0.2, -0.15) is 0 Å². The van der Waals surface area contributed by atoms with E-state index in [0.29, 0.717) is 6.04 Å². The fourth-order valence-corrected chi connectivity index (χ4v) is 5.44. The number of amides is 2. The third kappa shape index (κ3) is 5.27. The zero-order valence-corrected chi connectivity index (χ0v) is 20.8. The van der Waals surface area contributed by atoms with Crippen LogP contribution in [0.3, 0.4) is 0 Å². The number of esters is 1. The van der Waals surface area contributed by atoms with E-state index in [2.05, 4.69) is 36.2 Å². The van der Waals surface area contributed by atoms with Crippen LogP contribution >= 0.6 is 0 Å². The molecule has 0 bridgehead atoms. The van der Waals surface area contributed by atoms with Crippen molar-refractivity contribution in [1.29, 1.82) is 0 Å². The van der Waals surface area contributed by atoms with Crippen LogP contribution in [0.4, 0.5) is 4.79 Å². The van der Waals surface area contributed by atoms with Gasteiger partial charge < -0.3 is 14.5 Å². The molecule has 1 aliphatic heterocycles. The van der Waals surface area contributed by atoms with Gasteiger partial charge in [0.05, 0.1) is 0 Å². The van der Waals surface area contributed by atoms with Crippen LogP contribution in [0.5, 0.6) is 0 Å². The molecule has 1 saturated carbocycles. The van der Waals surface area contributed by atoms with Gasteiger partial charge in [-0.05, 0) is 36.9 Å². The van der Waals surface area contributed by atoms with E-state index < -0.39 is 6.04 Å². The molecule has 6 nitrogen and oxygen atoms in total. The number of likely N-dealkylation sites (N-methyl/N-ethyl adjacent to an activating group) is 1. The van der Waals surface area contributed by atoms with E-state index in [-0.39, 0.29) is 29.9 Å². The summed E-state index contributed by atoms with van der Waals surface area (Å²) in [6.07, 6.45) is 2.24. The molecule has 2 aromatic rings. The molecule has 0 radical (unpaired) electrons. The Balaban J connectivity index is 1.25. The van der Waals surface area contributed by atoms with E-state index >= 15 is 0 Å². The molecule has 0 unspecified atom stereocenters. The average Bonchev–Trinajstić information content (AvgIpc) is 2.77. The SMILES string of the molecule is CC(C)[C@@H](C(=O)OCc1ccccc1)N(C)C(=O)N1CC2(CC(N(C)Cc3ccccc3)C2)C1. The van der Waals surface area contributed by atoms with Gasteiger partial charge in [0, 0.05) is 38.1 Å². The molecule has 1 atom stereocenters. The summed E-state index contributed by atoms with van der Waals surface area (Å²) in [7, 11) is 3.91. The van der Waals surface area contributed by atoms with Gasteiger partial charge in [0.15, 0.2) is 0 Å². The Kier molecular flexibility index (Phi) is 7.27. The van der Waals surface area contributed by atoms with E-state index in [4.69, 9.17) is 4.74 Å². The molecule has 1 saturated heterocycles. The van der Waals surface area contributed by atoms with E-state index in [0.717, 1.165) is 38.0 Å². The molecule has 1 heterocycles. The van der Waals surface area contributed by atoms with Crippen molar-refractivity contribution in [3.8, 4) is 0 Å². The Morgan fingerprint density at radius 2 is 1.53 bits per heavy atom. The van der Waals surface area contributed by atoms with E-state index in [1.807, 2.05) is 55.1 Å². The maximum Gasteiger partial charge on any atom is 0.329 e. The molecule has 2 aromatic carbocycles. The molecule has 1 spiro atoms. The Bertz CT molecular complexity index is 965. The van der Waals surface area contributed by atoms with Gasteiger partial charge in [-0.15, -0.1) is 0 Å². The summed E-state index contributed by atoms with van der Waals surface area (Å²) < 4.78 is 5.56. The number of hydrogen-bond acceptors (Lipinski definition) is 4. The van der Waals surface area contributed by atoms with Crippen molar-refractivity contribution in [3.63, 3.8) is 0 Å². The molecule has 0 N–H and O–H groups in total. The predicted octanol–water partition coefficient (Wildman–Crippen LogP) is 4.40. The van der Waals surface area contributed by atoms with Crippen LogP contribution in [0.2, 0.25) is 0 Å². The first-order valence-electron chi connectivity index (χ1n) is 12.2. The number of urea groups is 1. The van der Waals surface area contributed by atoms with Gasteiger partial charge in [-0.3, -0.25) is 4.90 Å². The number of hydrogen-bond donors (Lipinski definition) is 0. The smallest absolute Gasteiger partial charge is 0.329 e. The maximum absolute atomic E-state index is 13.2. The first-order valence-corrected chi connectivity index (χ1v) is 12.2. The van der Waals surface area contributed by atoms with Gasteiger partial charge in [-0.1, -0.05) is 74.5 Å². The summed E-state index contributed by atoms with van der Waals surface area (Å²) in [5.41, 5.74) is 2.51. The van der Waals surface area contributed by atoms with Crippen LogP contribution in [-0.4, -0.2) is 66.0 Å². The quantitative estimate of drug-likeness (QED) is 0.545. The van der Waals surface area contributed by atoms with E-state index in [1.165, 1.54) is 5.56 Å². The second-order valence-corrected chi connectivity index (χ2v) is 10.5. The van der Waals surface area contributed by atoms with Gasteiger partial charge in [0.1, 0.15) is 12.6 Å². The summed E-state index contributed by atoms with van der Waals surface area (Å²) in [6, 6.07) is 20.1. The Morgan fingerprint density at radius 3 is 2.09 bits per heavy atom. The van der Waals surface area contributed by atoms with Crippen LogP contribution in [0.25, 0.3) is 0 Å². The second-order valence-electron chi connectivity index (χ2n) is 10.5. The van der Waals surface area contributed by atoms with Crippen LogP contribution in [0, 0.1) is 11.3 Å². The number of likely N-dealkylation sites (tertiary alicyclic amines) is 1. The number of carbonyl (C=O) groups excluding carboxylic acids is 2. The summed E-state index contributed by atoms with van der Waals surface area (Å²) >= 11 is 0. The molecule has 182 valence electrons. The fraction of sp³-hybridized carbons (Fsp3) is 0.500. The number of benzene rings is 2. The van der Waals surface area contributed by atoms with Crippen LogP contribution < -0.4 is 0 Å². The largest absolute Gasteiger partial charge is 0.459 e. The number of rotatable bonds is 8. The highest BCUT2D eigenvalue weighted by Gasteiger charge is 2.55. The van der Waals surface area contributed by atoms with E-state index in [1.54, 1.807) is 11.9 Å². The number of ether oxygens (including phenoxy) is 1. The van der Waals surface area contributed by atoms with Crippen LogP contribution in [0.15, 0.2) is 60.7 Å². The maximum atomic E-state index is 13.2. The highest BCUT2D eigenvalue weighted by atomic mass is 16.5. The van der Waals surface area contributed by atoms with Crippen molar-refractivity contribution >= 4 is 12.0 Å². The zero-order valence-electron chi connectivity index (χ0n) is 20.8. The Hall–Kier alpha value is -2.86. The van der Waals surface area contributed by atoms with Gasteiger partial charge in [0.2, 0.25) is 0 Å². The van der Waals surface area contributed by atoms with Crippen molar-refractivity contribution in [2.24, 2.45) is 11.3 Å². The van der Waals surface area contributed by atoms with Crippen molar-refractivity contribution in [2.75, 3.05) is 27.2 Å². The molecule has 6 heteroatoms. The fourth-order valence-electron chi connectivity index (χ4n) is 5.44. The summed E-state index contributed by atoms with van der Waals surface area (Å²) in [5, 5.41) is 0. The monoisotopic (exact) mass is 463 g/mol. The lowest BCUT2D eigenvalue weighted by atomic mass is 9.60. The minimum atomic E-state index is -0.598. The van der Waals surface area contributed by atoms with Gasteiger partial charge in [0.25, 0.3) is 0 Å². The van der Waals surface area contributed by atoms with Gasteiger partial charge in [-0.25, -0.2) is 9.59 Å². The summed E-state index contributed by atoms with van der Waals surface area (Å²) in [5.74, 6) is -0.386. The lowest BCUT2D eigenvalue weighted by Gasteiger charge is -2.61. The zero-order chi connectivity index (χ0) is 24.3. The van der Waals surface area contributed by atoms with Crippen molar-refractivity contribution in [3.05, 3.63) is 71.8 Å². The van der Waals surface area contributed by atoms with E-state index in [9.17, 15) is 9.59 Å². The van der Waals surface area contributed by atoms with Crippen LogP contribution in [-0.2, 0) is 22.7 Å². The molecule has 1 aliphatic carbocycles. The molecule has 4 rings (SSSR count). The second kappa shape index (κ2) is 10.2. The lowest BCUT2D eigenvalue weighted by molar-refractivity contribution is -0.152. The highest BCUT2D eigenvalue weighted by molar-refractivity contribution is 5.84. The molecular weight excluding hydrogens is 426 g/mol. The Labute approximate surface area is 203 Å². The summed E-state index contributed by atoms with van der Waals surface area (Å²) in [6.45, 7) is 6.62. The highest BCUT2D eigenvalue weighted by Crippen LogP contribution is 2.50. The third-order valence-corrected chi connectivity index (χ3v) is 7.37. The predicted molar refractivity (Wildman–Crippen MR) is 133 cm³/mol. The van der Waals surface area contributed by atoms with Crippen molar-refractivity contribution in [2.45, 2.75) is 51.9 Å². The first-order chi connectivity index (χ1) is 16.3. The number of carbonyl (C=O) groups is 2. The number of nitrogens with zero attached hydrogens (tertiary/aromatic N) is 3. The topological polar surface area (TPSA) is 53.1 Å². The van der Waals surface area contributed by atoms with Crippen molar-refractivity contribution in [1.82, 2.24) is 14.7 Å². The van der Waals surface area contributed by atoms with Gasteiger partial charge >= 0.3 is 12.0 Å². The normalized spacial score (nSPS) is 17.9. The molecular formula is C28H37N3O3.